The molecule has 0 unspecified atom stereocenters. The van der Waals surface area contributed by atoms with Crippen molar-refractivity contribution in [2.24, 2.45) is 0 Å². The van der Waals surface area contributed by atoms with Crippen LogP contribution in [0, 0.1) is 0 Å². The molecule has 4 heteroatoms. The number of hydrogen-bond acceptors (Lipinski definition) is 4. The number of hydrogen-bond donors (Lipinski definition) is 0. The average Bonchev–Trinajstić information content (AvgIpc) is 1.59. The number of nitrogens with zero attached hydrogens (tertiary/aromatic N) is 4. The molecule has 21 aromatic carbocycles. The minimum atomic E-state index is -0.0589. The quantitative estimate of drug-likeness (QED) is 0.0901. The Hall–Kier alpha value is -17.2. The van der Waals surface area contributed by atoms with Gasteiger partial charge in [0.25, 0.3) is 0 Å². The summed E-state index contributed by atoms with van der Waals surface area (Å²) in [4.78, 5) is 9.46. The molecule has 0 radical (unpaired) electrons. The lowest BCUT2D eigenvalue weighted by Crippen LogP contribution is -2.16. The van der Waals surface area contributed by atoms with Gasteiger partial charge in [-0.25, -0.2) is 0 Å². The maximum atomic E-state index is 2.40. The second-order valence-corrected chi connectivity index (χ2v) is 39.5. The third kappa shape index (κ3) is 17.3. The van der Waals surface area contributed by atoms with E-state index in [1.165, 1.54) is 173 Å². The highest BCUT2D eigenvalue weighted by atomic mass is 15.2. The molecule has 0 spiro atoms. The summed E-state index contributed by atoms with van der Waals surface area (Å²) in [7, 11) is 0. The van der Waals surface area contributed by atoms with Crippen LogP contribution < -0.4 is 19.6 Å². The van der Waals surface area contributed by atoms with E-state index in [9.17, 15) is 0 Å². The zero-order valence-electron chi connectivity index (χ0n) is 81.6. The van der Waals surface area contributed by atoms with E-state index in [1.807, 2.05) is 0 Å². The molecule has 0 aromatic heterocycles. The fraction of sp³-hybridized carbons (Fsp3) is 0.0870. The van der Waals surface area contributed by atoms with Crippen LogP contribution in [0.15, 0.2) is 534 Å². The molecule has 0 bridgehead atoms. The molecule has 21 aromatic rings. The SMILES string of the molecule is CC1(C)c2ccccc2-c2ccc(N(c3ccc(-c4ccccc4)cc3)c3ccc(-c4ccccc4)cc3)cc21.CC1(C)c2ccccc2-c2ccc(N(c3ccc(-c4ccccc4)cc3)c3cccc(-c4ccccc4)c3)cc21.CC1(C)c2ccccc2-c2ccc(N(c3ccccc3)c3ccc(-c4ccccc4)cc3)cc21.CC1(C)c2ccccc2-c2ccc(N(c3ccccc3)c3ccccc3)cc21. The average molecular weight is 1830 g/mol. The van der Waals surface area contributed by atoms with E-state index >= 15 is 0 Å². The van der Waals surface area contributed by atoms with Crippen molar-refractivity contribution >= 4 is 68.2 Å². The van der Waals surface area contributed by atoms with E-state index in [4.69, 9.17) is 0 Å². The van der Waals surface area contributed by atoms with Crippen molar-refractivity contribution in [1.29, 1.82) is 0 Å². The highest BCUT2D eigenvalue weighted by molar-refractivity contribution is 5.93. The Morgan fingerprint density at radius 3 is 0.486 bits per heavy atom. The van der Waals surface area contributed by atoms with Gasteiger partial charge in [-0.05, 0) is 290 Å². The van der Waals surface area contributed by atoms with Crippen LogP contribution in [-0.2, 0) is 21.7 Å². The van der Waals surface area contributed by atoms with Gasteiger partial charge in [0.2, 0.25) is 0 Å². The van der Waals surface area contributed by atoms with Crippen LogP contribution in [0.3, 0.4) is 0 Å². The zero-order valence-corrected chi connectivity index (χ0v) is 81.6. The number of para-hydroxylation sites is 3. The topological polar surface area (TPSA) is 13.0 Å². The van der Waals surface area contributed by atoms with Gasteiger partial charge in [0.15, 0.2) is 0 Å². The predicted octanol–water partition coefficient (Wildman–Crippen LogP) is 38.2. The van der Waals surface area contributed by atoms with E-state index in [1.54, 1.807) is 0 Å². The van der Waals surface area contributed by atoms with Crippen molar-refractivity contribution in [3.8, 4) is 100 Å². The molecular weight excluding hydrogens is 1710 g/mol. The minimum absolute atomic E-state index is 0.000975. The van der Waals surface area contributed by atoms with Crippen molar-refractivity contribution in [3.05, 3.63) is 578 Å². The summed E-state index contributed by atoms with van der Waals surface area (Å²) in [5.74, 6) is 0. The molecular formula is C138H112N4. The van der Waals surface area contributed by atoms with Gasteiger partial charge in [0, 0.05) is 89.9 Å². The van der Waals surface area contributed by atoms with Gasteiger partial charge in [-0.1, -0.05) is 444 Å². The van der Waals surface area contributed by atoms with Crippen molar-refractivity contribution in [1.82, 2.24) is 0 Å². The Labute approximate surface area is 837 Å². The summed E-state index contributed by atoms with van der Waals surface area (Å²) in [6.07, 6.45) is 0. The van der Waals surface area contributed by atoms with E-state index in [0.717, 1.165) is 39.8 Å². The first-order valence-electron chi connectivity index (χ1n) is 49.6. The summed E-state index contributed by atoms with van der Waals surface area (Å²) in [5.41, 5.74) is 47.9. The first-order valence-corrected chi connectivity index (χ1v) is 49.6. The summed E-state index contributed by atoms with van der Waals surface area (Å²) in [6, 6.07) is 192. The standard InChI is InChI=1S/2C39H31N.C33H27N.C27H23N/c1-39(2)37-19-10-9-18-35(37)36-25-24-34(27-38(36)39)40(32-22-20-30(21-23-32)28-12-5-3-6-13-28)33-17-11-16-31(26-33)29-14-7-4-8-15-29;1-39(2)37-16-10-9-15-35(37)36-26-25-34(27-38(36)39)40(32-21-17-30(18-22-32)28-11-5-3-6-12-28)33-23-19-31(20-24-33)29-13-7-4-8-14-29;1-33(2)31-16-10-9-15-29(31)30-22-21-28(23-32(30)33)34(26-13-7-4-8-14-26)27-19-17-25(18-20-27)24-11-5-3-6-12-24;1-27(2)25-16-10-9-15-23(25)24-18-17-22(19-26(24)27)28(20-11-5-3-6-12-20)21-13-7-4-8-14-21/h2*3-27H,1-2H3;3-23H,1-2H3;3-19H,1-2H3. The van der Waals surface area contributed by atoms with E-state index in [2.05, 4.69) is 609 Å². The summed E-state index contributed by atoms with van der Waals surface area (Å²) in [5, 5.41) is 0. The van der Waals surface area contributed by atoms with Crippen molar-refractivity contribution in [3.63, 3.8) is 0 Å². The second kappa shape index (κ2) is 38.3. The first-order chi connectivity index (χ1) is 69.5. The lowest BCUT2D eigenvalue weighted by atomic mass is 9.82. The normalized spacial score (nSPS) is 13.2. The molecule has 25 rings (SSSR count). The van der Waals surface area contributed by atoms with Gasteiger partial charge in [0.1, 0.15) is 0 Å². The Morgan fingerprint density at radius 2 is 0.254 bits per heavy atom. The van der Waals surface area contributed by atoms with Crippen LogP contribution in [-0.4, -0.2) is 0 Å². The minimum Gasteiger partial charge on any atom is -0.310 e. The van der Waals surface area contributed by atoms with Crippen LogP contribution >= 0.6 is 0 Å². The largest absolute Gasteiger partial charge is 0.310 e. The summed E-state index contributed by atoms with van der Waals surface area (Å²) < 4.78 is 0. The third-order valence-electron chi connectivity index (χ3n) is 29.5. The molecule has 0 atom stereocenters. The number of anilines is 12. The predicted molar refractivity (Wildman–Crippen MR) is 602 cm³/mol. The van der Waals surface area contributed by atoms with Crippen LogP contribution in [0.5, 0.6) is 0 Å². The van der Waals surface area contributed by atoms with Crippen molar-refractivity contribution in [2.75, 3.05) is 19.6 Å². The summed E-state index contributed by atoms with van der Waals surface area (Å²) in [6.45, 7) is 18.7. The fourth-order valence-corrected chi connectivity index (χ4v) is 22.0. The van der Waals surface area contributed by atoms with Crippen LogP contribution in [0.4, 0.5) is 68.2 Å². The lowest BCUT2D eigenvalue weighted by Gasteiger charge is -2.28. The highest BCUT2D eigenvalue weighted by Gasteiger charge is 2.41. The smallest absolute Gasteiger partial charge is 0.0467 e. The summed E-state index contributed by atoms with van der Waals surface area (Å²) >= 11 is 0. The number of rotatable bonds is 17. The molecule has 142 heavy (non-hydrogen) atoms. The highest BCUT2D eigenvalue weighted by Crippen LogP contribution is 2.57. The molecule has 0 fully saturated rings. The van der Waals surface area contributed by atoms with Gasteiger partial charge in [0.05, 0.1) is 0 Å². The molecule has 4 nitrogen and oxygen atoms in total. The van der Waals surface area contributed by atoms with Gasteiger partial charge in [-0.2, -0.15) is 0 Å². The molecule has 4 aliphatic carbocycles. The molecule has 4 aliphatic rings. The molecule has 0 saturated carbocycles. The molecule has 0 heterocycles. The van der Waals surface area contributed by atoms with Gasteiger partial charge in [-0.3, -0.25) is 0 Å². The molecule has 0 saturated heterocycles. The first kappa shape index (κ1) is 90.0. The monoisotopic (exact) mass is 1820 g/mol. The fourth-order valence-electron chi connectivity index (χ4n) is 22.0. The Bertz CT molecular complexity index is 7940. The van der Waals surface area contributed by atoms with E-state index in [0.29, 0.717) is 0 Å². The van der Waals surface area contributed by atoms with E-state index < -0.39 is 0 Å². The van der Waals surface area contributed by atoms with Crippen LogP contribution in [0.25, 0.3) is 100 Å². The maximum Gasteiger partial charge on any atom is 0.0467 e. The van der Waals surface area contributed by atoms with Gasteiger partial charge >= 0.3 is 0 Å². The van der Waals surface area contributed by atoms with Gasteiger partial charge in [-0.15, -0.1) is 0 Å². The zero-order chi connectivity index (χ0) is 96.5. The second-order valence-electron chi connectivity index (χ2n) is 39.5. The molecule has 0 N–H and O–H groups in total. The van der Waals surface area contributed by atoms with Gasteiger partial charge < -0.3 is 19.6 Å². The molecule has 684 valence electrons. The van der Waals surface area contributed by atoms with Crippen LogP contribution in [0.1, 0.15) is 99.9 Å². The maximum absolute atomic E-state index is 2.40. The Morgan fingerprint density at radius 1 is 0.106 bits per heavy atom. The Balaban J connectivity index is 0.000000109. The third-order valence-corrected chi connectivity index (χ3v) is 29.5. The van der Waals surface area contributed by atoms with Crippen molar-refractivity contribution < 1.29 is 0 Å². The Kier molecular flexibility index (Phi) is 24.3. The van der Waals surface area contributed by atoms with Crippen molar-refractivity contribution in [2.45, 2.75) is 77.0 Å². The number of fused-ring (bicyclic) bond motifs is 12. The van der Waals surface area contributed by atoms with E-state index in [-0.39, 0.29) is 21.7 Å². The molecule has 0 amide bonds. The number of benzene rings is 21. The lowest BCUT2D eigenvalue weighted by molar-refractivity contribution is 0.660. The van der Waals surface area contributed by atoms with Crippen LogP contribution in [0.2, 0.25) is 0 Å². The molecule has 0 aliphatic heterocycles.